The van der Waals surface area contributed by atoms with Crippen molar-refractivity contribution in [3.05, 3.63) is 82.8 Å². The third kappa shape index (κ3) is 3.88. The number of rotatable bonds is 5. The molecule has 2 aliphatic rings. The Kier molecular flexibility index (Phi) is 6.13. The summed E-state index contributed by atoms with van der Waals surface area (Å²) in [6.45, 7) is 3.32. The number of ether oxygens (including phenoxy) is 1. The Morgan fingerprint density at radius 2 is 1.61 bits per heavy atom. The molecule has 0 bridgehead atoms. The highest BCUT2D eigenvalue weighted by Crippen LogP contribution is 2.60. The second-order valence-electron chi connectivity index (χ2n) is 7.04. The lowest BCUT2D eigenvalue weighted by molar-refractivity contribution is 0.0548. The fourth-order valence-corrected chi connectivity index (χ4v) is 7.20. The van der Waals surface area contributed by atoms with Gasteiger partial charge < -0.3 is 14.2 Å². The Hall–Kier alpha value is -1.71. The van der Waals surface area contributed by atoms with Crippen molar-refractivity contribution in [1.29, 1.82) is 0 Å². The molecule has 2 aromatic carbocycles. The molecule has 2 aromatic rings. The van der Waals surface area contributed by atoms with Gasteiger partial charge in [0.25, 0.3) is 0 Å². The van der Waals surface area contributed by atoms with E-state index in [1.807, 2.05) is 6.07 Å². The van der Waals surface area contributed by atoms with Gasteiger partial charge >= 0.3 is 0 Å². The second-order valence-corrected chi connectivity index (χ2v) is 11.1. The lowest BCUT2D eigenvalue weighted by Crippen LogP contribution is -2.36. The molecule has 0 saturated carbocycles. The number of benzene rings is 2. The molecule has 0 radical (unpaired) electrons. The van der Waals surface area contributed by atoms with E-state index in [1.165, 1.54) is 22.1 Å². The van der Waals surface area contributed by atoms with Crippen molar-refractivity contribution >= 4 is 29.5 Å². The van der Waals surface area contributed by atoms with Gasteiger partial charge in [0.1, 0.15) is 6.26 Å². The Morgan fingerprint density at radius 3 is 2.25 bits per heavy atom. The number of hydrogen-bond acceptors (Lipinski definition) is 4. The Bertz CT molecular complexity index is 918. The van der Waals surface area contributed by atoms with Crippen molar-refractivity contribution in [3.8, 4) is 0 Å². The van der Waals surface area contributed by atoms with Gasteiger partial charge in [0.15, 0.2) is 0 Å². The van der Waals surface area contributed by atoms with Crippen LogP contribution in [0.2, 0.25) is 0 Å². The first-order valence-electron chi connectivity index (χ1n) is 9.76. The van der Waals surface area contributed by atoms with Crippen molar-refractivity contribution < 1.29 is 9.26 Å². The molecule has 28 heavy (non-hydrogen) atoms. The maximum Gasteiger partial charge on any atom is 0.121 e. The highest BCUT2D eigenvalue weighted by molar-refractivity contribution is 8.17. The predicted molar refractivity (Wildman–Crippen MR) is 120 cm³/mol. The quantitative estimate of drug-likeness (QED) is 0.661. The summed E-state index contributed by atoms with van der Waals surface area (Å²) in [4.78, 5) is 2.46. The minimum Gasteiger partial charge on any atom is -0.378 e. The Labute approximate surface area is 172 Å². The summed E-state index contributed by atoms with van der Waals surface area (Å²) in [7, 11) is 1.77. The SMILES string of the molecule is COP(=S)(C1=C(N2CCOCC2)/C(=C\c2ccccc2)CC1)c1ccccc1. The topological polar surface area (TPSA) is 21.7 Å². The van der Waals surface area contributed by atoms with Crippen LogP contribution < -0.4 is 5.30 Å². The van der Waals surface area contributed by atoms with Gasteiger partial charge in [-0.1, -0.05) is 72.5 Å². The van der Waals surface area contributed by atoms with Gasteiger partial charge in [-0.3, -0.25) is 0 Å². The Morgan fingerprint density at radius 1 is 0.964 bits per heavy atom. The van der Waals surface area contributed by atoms with Crippen molar-refractivity contribution in [2.45, 2.75) is 12.8 Å². The van der Waals surface area contributed by atoms with E-state index < -0.39 is 6.26 Å². The first-order valence-corrected chi connectivity index (χ1v) is 12.5. The fraction of sp³-hybridized carbons (Fsp3) is 0.304. The molecule has 0 spiro atoms. The molecule has 0 aromatic heterocycles. The average Bonchev–Trinajstić information content (AvgIpc) is 3.19. The van der Waals surface area contributed by atoms with Gasteiger partial charge in [-0.25, -0.2) is 0 Å². The van der Waals surface area contributed by atoms with Crippen LogP contribution in [0.1, 0.15) is 18.4 Å². The molecular formula is C23H26NO2PS. The van der Waals surface area contributed by atoms with Crippen LogP contribution in [0.25, 0.3) is 6.08 Å². The molecule has 1 heterocycles. The molecule has 1 aliphatic heterocycles. The lowest BCUT2D eigenvalue weighted by Gasteiger charge is -2.33. The van der Waals surface area contributed by atoms with Crippen molar-refractivity contribution in [2.24, 2.45) is 0 Å². The summed E-state index contributed by atoms with van der Waals surface area (Å²) < 4.78 is 11.7. The summed E-state index contributed by atoms with van der Waals surface area (Å²) in [6.07, 6.45) is 2.01. The smallest absolute Gasteiger partial charge is 0.121 e. The molecular weight excluding hydrogens is 385 g/mol. The molecule has 0 amide bonds. The van der Waals surface area contributed by atoms with Gasteiger partial charge in [0.2, 0.25) is 0 Å². The zero-order chi connectivity index (χ0) is 19.4. The molecule has 1 fully saturated rings. The highest BCUT2D eigenvalue weighted by Gasteiger charge is 2.35. The lowest BCUT2D eigenvalue weighted by atomic mass is 10.1. The molecule has 0 N–H and O–H groups in total. The molecule has 146 valence electrons. The third-order valence-electron chi connectivity index (χ3n) is 5.38. The summed E-state index contributed by atoms with van der Waals surface area (Å²) in [5.74, 6) is 0. The van der Waals surface area contributed by atoms with Crippen molar-refractivity contribution in [1.82, 2.24) is 4.90 Å². The van der Waals surface area contributed by atoms with Gasteiger partial charge in [-0.05, 0) is 30.1 Å². The van der Waals surface area contributed by atoms with Crippen LogP contribution >= 0.6 is 6.26 Å². The number of allylic oxidation sites excluding steroid dienone is 2. The maximum atomic E-state index is 6.24. The van der Waals surface area contributed by atoms with Crippen LogP contribution in [-0.2, 0) is 21.1 Å². The van der Waals surface area contributed by atoms with Crippen LogP contribution in [0.15, 0.2) is 77.2 Å². The number of hydrogen-bond donors (Lipinski definition) is 0. The zero-order valence-electron chi connectivity index (χ0n) is 16.2. The predicted octanol–water partition coefficient (Wildman–Crippen LogP) is 4.77. The van der Waals surface area contributed by atoms with Crippen molar-refractivity contribution in [3.63, 3.8) is 0 Å². The largest absolute Gasteiger partial charge is 0.378 e. The van der Waals surface area contributed by atoms with Gasteiger partial charge in [-0.2, -0.15) is 0 Å². The molecule has 4 rings (SSSR count). The fourth-order valence-electron chi connectivity index (χ4n) is 4.02. The van der Waals surface area contributed by atoms with E-state index in [2.05, 4.69) is 65.6 Å². The van der Waals surface area contributed by atoms with E-state index in [0.717, 1.165) is 44.4 Å². The maximum absolute atomic E-state index is 6.24. The van der Waals surface area contributed by atoms with E-state index in [9.17, 15) is 0 Å². The van der Waals surface area contributed by atoms with Crippen LogP contribution in [0.5, 0.6) is 0 Å². The van der Waals surface area contributed by atoms with E-state index in [-0.39, 0.29) is 0 Å². The van der Waals surface area contributed by atoms with Crippen LogP contribution in [-0.4, -0.2) is 38.3 Å². The molecule has 5 heteroatoms. The summed E-state index contributed by atoms with van der Waals surface area (Å²) in [5, 5.41) is 2.44. The number of nitrogens with zero attached hydrogens (tertiary/aromatic N) is 1. The molecule has 1 aliphatic carbocycles. The second kappa shape index (κ2) is 8.75. The van der Waals surface area contributed by atoms with E-state index in [0.29, 0.717) is 0 Å². The minimum atomic E-state index is -2.28. The first-order chi connectivity index (χ1) is 13.7. The van der Waals surface area contributed by atoms with Gasteiger partial charge in [0, 0.05) is 36.5 Å². The average molecular weight is 412 g/mol. The van der Waals surface area contributed by atoms with Crippen LogP contribution in [0.3, 0.4) is 0 Å². The zero-order valence-corrected chi connectivity index (χ0v) is 17.9. The third-order valence-corrected chi connectivity index (χ3v) is 9.76. The monoisotopic (exact) mass is 411 g/mol. The van der Waals surface area contributed by atoms with E-state index >= 15 is 0 Å². The van der Waals surface area contributed by atoms with Crippen LogP contribution in [0, 0.1) is 0 Å². The normalized spacial score (nSPS) is 21.2. The summed E-state index contributed by atoms with van der Waals surface area (Å²) >= 11 is 6.24. The molecule has 3 nitrogen and oxygen atoms in total. The first kappa shape index (κ1) is 19.6. The molecule has 1 saturated heterocycles. The van der Waals surface area contributed by atoms with Gasteiger partial charge in [-0.15, -0.1) is 0 Å². The highest BCUT2D eigenvalue weighted by atomic mass is 32.4. The van der Waals surface area contributed by atoms with Crippen LogP contribution in [0.4, 0.5) is 0 Å². The summed E-state index contributed by atoms with van der Waals surface area (Å²) in [5.41, 5.74) is 3.90. The van der Waals surface area contributed by atoms with E-state index in [4.69, 9.17) is 21.1 Å². The molecule has 1 atom stereocenters. The number of morpholine rings is 1. The Balaban J connectivity index is 1.84. The van der Waals surface area contributed by atoms with Gasteiger partial charge in [0.05, 0.1) is 13.2 Å². The minimum absolute atomic E-state index is 0.761. The summed E-state index contributed by atoms with van der Waals surface area (Å²) in [6, 6.07) is 20.9. The standard InChI is InChI=1S/C23H26NO2PS/c1-25-27(28,21-10-6-3-7-11-21)22-13-12-20(18-19-8-4-2-5-9-19)23(22)24-14-16-26-17-15-24/h2-11,18H,12-17H2,1H3/b20-18-. The molecule has 1 unspecified atom stereocenters. The van der Waals surface area contributed by atoms with Crippen molar-refractivity contribution in [2.75, 3.05) is 33.4 Å². The van der Waals surface area contributed by atoms with E-state index in [1.54, 1.807) is 7.11 Å².